The molecule has 21 heavy (non-hydrogen) atoms. The van der Waals surface area contributed by atoms with Gasteiger partial charge in [-0.3, -0.25) is 4.79 Å². The van der Waals surface area contributed by atoms with Crippen LogP contribution in [0.25, 0.3) is 6.08 Å². The lowest BCUT2D eigenvalue weighted by atomic mass is 10.0. The lowest BCUT2D eigenvalue weighted by Gasteiger charge is -2.21. The van der Waals surface area contributed by atoms with Crippen LogP contribution in [0.5, 0.6) is 5.75 Å². The highest BCUT2D eigenvalue weighted by Gasteiger charge is 2.26. The molecule has 0 saturated heterocycles. The van der Waals surface area contributed by atoms with Gasteiger partial charge < -0.3 is 15.2 Å². The van der Waals surface area contributed by atoms with Crippen molar-refractivity contribution in [2.24, 2.45) is 5.92 Å². The fraction of sp³-hybridized carbons (Fsp3) is 0.333. The minimum Gasteiger partial charge on any atom is -0.488 e. The van der Waals surface area contributed by atoms with Crippen molar-refractivity contribution in [3.8, 4) is 5.75 Å². The quantitative estimate of drug-likeness (QED) is 0.895. The molecule has 1 heterocycles. The van der Waals surface area contributed by atoms with E-state index in [1.807, 2.05) is 0 Å². The molecule has 1 aliphatic heterocycles. The summed E-state index contributed by atoms with van der Waals surface area (Å²) in [6.07, 6.45) is 1.67. The number of carbonyl (C=O) groups is 2. The number of hydrogen-bond donors (Lipinski definition) is 2. The molecule has 1 aliphatic rings. The molecule has 0 spiro atoms. The number of nitrogens with one attached hydrogen (secondary N) is 1. The maximum atomic E-state index is 12.2. The maximum absolute atomic E-state index is 12.2. The second-order valence-corrected chi connectivity index (χ2v) is 5.61. The topological polar surface area (TPSA) is 75.6 Å². The number of aliphatic carboxylic acids is 1. The van der Waals surface area contributed by atoms with Crippen molar-refractivity contribution in [2.75, 3.05) is 6.61 Å². The Bertz CT molecular complexity index is 610. The molecule has 1 amide bonds. The first-order valence-corrected chi connectivity index (χ1v) is 6.93. The monoisotopic (exact) mass is 309 g/mol. The van der Waals surface area contributed by atoms with E-state index >= 15 is 0 Å². The first-order valence-electron chi connectivity index (χ1n) is 6.55. The number of ether oxygens (including phenoxy) is 1. The van der Waals surface area contributed by atoms with E-state index in [1.165, 1.54) is 0 Å². The molecule has 0 radical (unpaired) electrons. The summed E-state index contributed by atoms with van der Waals surface area (Å²) in [5.74, 6) is -1.06. The fourth-order valence-corrected chi connectivity index (χ4v) is 2.21. The zero-order valence-corrected chi connectivity index (χ0v) is 12.5. The van der Waals surface area contributed by atoms with Crippen molar-refractivity contribution in [3.05, 3.63) is 34.4 Å². The number of hydrogen-bond acceptors (Lipinski definition) is 3. The minimum atomic E-state index is -1.06. The number of carbonyl (C=O) groups excluding carboxylic acids is 1. The highest BCUT2D eigenvalue weighted by Crippen LogP contribution is 2.29. The summed E-state index contributed by atoms with van der Waals surface area (Å²) in [7, 11) is 0. The van der Waals surface area contributed by atoms with Gasteiger partial charge >= 0.3 is 5.97 Å². The Morgan fingerprint density at radius 1 is 1.38 bits per heavy atom. The van der Waals surface area contributed by atoms with E-state index in [4.69, 9.17) is 21.4 Å². The van der Waals surface area contributed by atoms with Crippen LogP contribution in [0.3, 0.4) is 0 Å². The highest BCUT2D eigenvalue weighted by atomic mass is 35.5. The zero-order valence-electron chi connectivity index (χ0n) is 11.7. The van der Waals surface area contributed by atoms with E-state index in [0.717, 1.165) is 0 Å². The summed E-state index contributed by atoms with van der Waals surface area (Å²) < 4.78 is 5.48. The number of carboxylic acids is 1. The van der Waals surface area contributed by atoms with Crippen LogP contribution in [0.1, 0.15) is 19.4 Å². The minimum absolute atomic E-state index is 0.102. The second kappa shape index (κ2) is 6.18. The molecule has 1 aromatic carbocycles. The van der Waals surface area contributed by atoms with Gasteiger partial charge in [0.1, 0.15) is 18.4 Å². The van der Waals surface area contributed by atoms with Crippen LogP contribution in [0, 0.1) is 5.92 Å². The molecular formula is C15H16ClNO4. The van der Waals surface area contributed by atoms with Crippen LogP contribution in [-0.4, -0.2) is 29.6 Å². The molecule has 1 aromatic rings. The molecule has 0 bridgehead atoms. The van der Waals surface area contributed by atoms with Crippen LogP contribution in [0.4, 0.5) is 0 Å². The van der Waals surface area contributed by atoms with Gasteiger partial charge in [-0.2, -0.15) is 0 Å². The van der Waals surface area contributed by atoms with Crippen LogP contribution in [0.15, 0.2) is 23.8 Å². The first kappa shape index (κ1) is 15.4. The Hall–Kier alpha value is -2.01. The van der Waals surface area contributed by atoms with E-state index < -0.39 is 17.9 Å². The SMILES string of the molecule is CC(C)[C@H](NC(=O)C1=Cc2cc(Cl)ccc2OC1)C(=O)O. The predicted molar refractivity (Wildman–Crippen MR) is 79.3 cm³/mol. The molecule has 0 aromatic heterocycles. The summed E-state index contributed by atoms with van der Waals surface area (Å²) in [5.41, 5.74) is 1.08. The highest BCUT2D eigenvalue weighted by molar-refractivity contribution is 6.30. The van der Waals surface area contributed by atoms with Gasteiger partial charge in [-0.25, -0.2) is 4.79 Å². The third-order valence-corrected chi connectivity index (χ3v) is 3.43. The number of halogens is 1. The van der Waals surface area contributed by atoms with Gasteiger partial charge in [0.15, 0.2) is 0 Å². The van der Waals surface area contributed by atoms with Crippen molar-refractivity contribution < 1.29 is 19.4 Å². The lowest BCUT2D eigenvalue weighted by Crippen LogP contribution is -2.45. The average molecular weight is 310 g/mol. The van der Waals surface area contributed by atoms with Crippen molar-refractivity contribution >= 4 is 29.6 Å². The Morgan fingerprint density at radius 2 is 2.10 bits per heavy atom. The third-order valence-electron chi connectivity index (χ3n) is 3.20. The Balaban J connectivity index is 2.19. The second-order valence-electron chi connectivity index (χ2n) is 5.17. The van der Waals surface area contributed by atoms with Crippen LogP contribution < -0.4 is 10.1 Å². The van der Waals surface area contributed by atoms with Gasteiger partial charge in [-0.1, -0.05) is 25.4 Å². The molecule has 1 atom stereocenters. The zero-order chi connectivity index (χ0) is 15.6. The standard InChI is InChI=1S/C15H16ClNO4/c1-8(2)13(15(19)20)17-14(18)10-5-9-6-11(16)3-4-12(9)21-7-10/h3-6,8,13H,7H2,1-2H3,(H,17,18)(H,19,20)/t13-/m0/s1. The molecule has 0 aliphatic carbocycles. The number of amides is 1. The van der Waals surface area contributed by atoms with Crippen LogP contribution >= 0.6 is 11.6 Å². The largest absolute Gasteiger partial charge is 0.488 e. The summed E-state index contributed by atoms with van der Waals surface area (Å²) >= 11 is 5.91. The smallest absolute Gasteiger partial charge is 0.326 e. The number of rotatable bonds is 4. The Labute approximate surface area is 127 Å². The molecule has 0 fully saturated rings. The van der Waals surface area contributed by atoms with E-state index in [0.29, 0.717) is 21.9 Å². The molecular weight excluding hydrogens is 294 g/mol. The normalized spacial score (nSPS) is 14.8. The van der Waals surface area contributed by atoms with Gasteiger partial charge in [0.25, 0.3) is 5.91 Å². The van der Waals surface area contributed by atoms with Gasteiger partial charge in [-0.05, 0) is 30.2 Å². The first-order chi connectivity index (χ1) is 9.88. The molecule has 5 nitrogen and oxygen atoms in total. The summed E-state index contributed by atoms with van der Waals surface area (Å²) in [6.45, 7) is 3.57. The molecule has 2 rings (SSSR count). The molecule has 6 heteroatoms. The number of carboxylic acid groups (broad SMARTS) is 1. The Kier molecular flexibility index (Phi) is 4.53. The predicted octanol–water partition coefficient (Wildman–Crippen LogP) is 2.34. The van der Waals surface area contributed by atoms with E-state index in [1.54, 1.807) is 38.1 Å². The van der Waals surface area contributed by atoms with Gasteiger partial charge in [0.05, 0.1) is 5.57 Å². The van der Waals surface area contributed by atoms with Gasteiger partial charge in [0.2, 0.25) is 0 Å². The van der Waals surface area contributed by atoms with E-state index in [-0.39, 0.29) is 12.5 Å². The lowest BCUT2D eigenvalue weighted by molar-refractivity contribution is -0.142. The summed E-state index contributed by atoms with van der Waals surface area (Å²) in [5, 5.41) is 12.2. The molecule has 112 valence electrons. The Morgan fingerprint density at radius 3 is 2.71 bits per heavy atom. The van der Waals surface area contributed by atoms with Crippen molar-refractivity contribution in [1.82, 2.24) is 5.32 Å². The summed E-state index contributed by atoms with van der Waals surface area (Å²) in [4.78, 5) is 23.3. The van der Waals surface area contributed by atoms with Crippen molar-refractivity contribution in [3.63, 3.8) is 0 Å². The van der Waals surface area contributed by atoms with Gasteiger partial charge in [-0.15, -0.1) is 0 Å². The van der Waals surface area contributed by atoms with Crippen LogP contribution in [-0.2, 0) is 9.59 Å². The number of benzene rings is 1. The molecule has 2 N–H and O–H groups in total. The van der Waals surface area contributed by atoms with Gasteiger partial charge in [0, 0.05) is 10.6 Å². The van der Waals surface area contributed by atoms with E-state index in [9.17, 15) is 9.59 Å². The van der Waals surface area contributed by atoms with Crippen molar-refractivity contribution in [2.45, 2.75) is 19.9 Å². The molecule has 0 unspecified atom stereocenters. The maximum Gasteiger partial charge on any atom is 0.326 e. The molecule has 0 saturated carbocycles. The third kappa shape index (κ3) is 3.55. The van der Waals surface area contributed by atoms with Crippen LogP contribution in [0.2, 0.25) is 5.02 Å². The fourth-order valence-electron chi connectivity index (χ4n) is 2.03. The average Bonchev–Trinajstić information content (AvgIpc) is 2.42. The summed E-state index contributed by atoms with van der Waals surface area (Å²) in [6, 6.07) is 4.20. The van der Waals surface area contributed by atoms with E-state index in [2.05, 4.69) is 5.32 Å². The van der Waals surface area contributed by atoms with Crippen molar-refractivity contribution in [1.29, 1.82) is 0 Å². The number of fused-ring (bicyclic) bond motifs is 1.